The lowest BCUT2D eigenvalue weighted by molar-refractivity contribution is -0.128. The van der Waals surface area contributed by atoms with Crippen molar-refractivity contribution in [2.75, 3.05) is 6.54 Å². The number of nitrogens with two attached hydrogens (primary N) is 1. The van der Waals surface area contributed by atoms with Crippen LogP contribution in [0.25, 0.3) is 0 Å². The van der Waals surface area contributed by atoms with Gasteiger partial charge in [0, 0.05) is 55.4 Å². The number of ketones is 1. The molecule has 0 rings (SSSR count). The lowest BCUT2D eigenvalue weighted by Gasteiger charge is -2.25. The Kier molecular flexibility index (Phi) is 42.0. The Morgan fingerprint density at radius 1 is 0.590 bits per heavy atom. The largest absolute Gasteiger partial charge is 0.397 e. The van der Waals surface area contributed by atoms with Gasteiger partial charge in [0.2, 0.25) is 5.91 Å². The predicted octanol–water partition coefficient (Wildman–Crippen LogP) is 5.31. The molecule has 0 aromatic carbocycles. The minimum absolute atomic E-state index is 0.00159. The van der Waals surface area contributed by atoms with Crippen LogP contribution in [0.5, 0.6) is 0 Å². The van der Waals surface area contributed by atoms with Crippen LogP contribution in [-0.2, 0) is 24.2 Å². The first-order chi connectivity index (χ1) is 38.9. The van der Waals surface area contributed by atoms with Gasteiger partial charge in [0.05, 0.1) is 73.2 Å². The fraction of sp³-hybridized carbons (Fsp3) is 0.597. The maximum atomic E-state index is 13.0. The molecule has 0 aliphatic carbocycles. The number of aliphatic hydroxyl groups is 11. The molecule has 0 aliphatic heterocycles. The summed E-state index contributed by atoms with van der Waals surface area (Å²) in [7, 11) is -4.95. The van der Waals surface area contributed by atoms with E-state index in [0.29, 0.717) is 12.8 Å². The molecule has 0 saturated carbocycles. The second-order valence-electron chi connectivity index (χ2n) is 22.0. The number of aliphatic hydroxyl groups excluding tert-OH is 11. The summed E-state index contributed by atoms with van der Waals surface area (Å²) in [6.07, 6.45) is 24.1. The number of aliphatic imine (C=N–C) groups is 1. The Labute approximate surface area is 493 Å². The highest BCUT2D eigenvalue weighted by molar-refractivity contribution is 7.80. The first-order valence-electron chi connectivity index (χ1n) is 28.5. The highest BCUT2D eigenvalue weighted by atomic mass is 32.3. The molecule has 0 fully saturated rings. The number of nitrogens with zero attached hydrogens (tertiary/aromatic N) is 1. The molecular weight excluding hydrogens is 1090 g/mol. The third-order valence-corrected chi connectivity index (χ3v) is 13.5. The number of hydrogen-bond donors (Lipinski definition) is 14. The van der Waals surface area contributed by atoms with E-state index in [1.54, 1.807) is 107 Å². The number of Topliss-reactive ketones (excluding diaryl/α,β-unsaturated/α-hetero) is 1. The van der Waals surface area contributed by atoms with E-state index in [0.717, 1.165) is 12.8 Å². The van der Waals surface area contributed by atoms with Crippen LogP contribution in [-0.4, -0.2) is 167 Å². The Hall–Kier alpha value is -4.82. The van der Waals surface area contributed by atoms with Crippen molar-refractivity contribution in [2.24, 2.45) is 33.9 Å². The maximum absolute atomic E-state index is 13.0. The van der Waals surface area contributed by atoms with Crippen molar-refractivity contribution < 1.29 is 82.9 Å². The van der Waals surface area contributed by atoms with E-state index < -0.39 is 107 Å². The summed E-state index contributed by atoms with van der Waals surface area (Å²) >= 11 is 0. The number of allylic oxidation sites excluding steroid dienone is 12. The van der Waals surface area contributed by atoms with Gasteiger partial charge >= 0.3 is 10.4 Å². The van der Waals surface area contributed by atoms with Gasteiger partial charge in [-0.05, 0) is 64.2 Å². The van der Waals surface area contributed by atoms with Crippen LogP contribution in [0.1, 0.15) is 131 Å². The molecule has 472 valence electrons. The Bertz CT molecular complexity index is 2270. The summed E-state index contributed by atoms with van der Waals surface area (Å²) in [4.78, 5) is 29.1. The first-order valence-corrected chi connectivity index (χ1v) is 29.9. The summed E-state index contributed by atoms with van der Waals surface area (Å²) in [5.74, 6) is -2.42. The zero-order valence-electron chi connectivity index (χ0n) is 49.4. The molecule has 0 saturated heterocycles. The van der Waals surface area contributed by atoms with E-state index in [2.05, 4.69) is 16.9 Å². The molecule has 83 heavy (non-hydrogen) atoms. The SMILES string of the molecule is C=CCCC=CC(C)C(O)C(C)C(O)C=CC=CC=CC=CC=CC=CCC(OS(=O)(=O)O)C(C)C(=O)CC(O)CC(O)C=CCC(O)CC(O)CC(O)C=CCC(O)CC(O)C=CCC(O)CC(O)CCCN=C(N)NC(=O)C(C)(C)C. The van der Waals surface area contributed by atoms with Gasteiger partial charge in [0.15, 0.2) is 5.96 Å². The van der Waals surface area contributed by atoms with E-state index in [1.807, 2.05) is 25.2 Å². The summed E-state index contributed by atoms with van der Waals surface area (Å²) in [5.41, 5.74) is 5.11. The van der Waals surface area contributed by atoms with Crippen molar-refractivity contribution in [3.05, 3.63) is 134 Å². The van der Waals surface area contributed by atoms with Gasteiger partial charge < -0.3 is 61.9 Å². The molecule has 0 aromatic rings. The van der Waals surface area contributed by atoms with Crippen molar-refractivity contribution >= 4 is 28.0 Å². The number of carbonyl (C=O) groups is 2. The number of hydrogen-bond acceptors (Lipinski definition) is 17. The zero-order valence-corrected chi connectivity index (χ0v) is 50.3. The third-order valence-electron chi connectivity index (χ3n) is 13.0. The molecule has 15 N–H and O–H groups in total. The van der Waals surface area contributed by atoms with Gasteiger partial charge in [0.25, 0.3) is 0 Å². The van der Waals surface area contributed by atoms with Gasteiger partial charge in [-0.3, -0.25) is 24.5 Å². The minimum Gasteiger partial charge on any atom is -0.393 e. The molecular formula is C62H101N3O17S. The van der Waals surface area contributed by atoms with E-state index >= 15 is 0 Å². The molecule has 21 heteroatoms. The van der Waals surface area contributed by atoms with Crippen LogP contribution in [0.3, 0.4) is 0 Å². The molecule has 0 aliphatic rings. The molecule has 0 aromatic heterocycles. The third kappa shape index (κ3) is 42.6. The number of guanidine groups is 1. The van der Waals surface area contributed by atoms with E-state index in [4.69, 9.17) is 9.92 Å². The van der Waals surface area contributed by atoms with Crippen molar-refractivity contribution in [1.29, 1.82) is 0 Å². The second kappa shape index (κ2) is 44.6. The molecule has 0 spiro atoms. The quantitative estimate of drug-likeness (QED) is 0.00918. The van der Waals surface area contributed by atoms with Crippen LogP contribution in [0.4, 0.5) is 0 Å². The van der Waals surface area contributed by atoms with Crippen LogP contribution >= 0.6 is 0 Å². The van der Waals surface area contributed by atoms with Crippen LogP contribution in [0.2, 0.25) is 0 Å². The van der Waals surface area contributed by atoms with Crippen LogP contribution in [0.15, 0.2) is 139 Å². The zero-order chi connectivity index (χ0) is 63.0. The molecule has 20 nitrogen and oxygen atoms in total. The van der Waals surface area contributed by atoms with E-state index in [1.165, 1.54) is 37.3 Å². The number of carbonyl (C=O) groups excluding carboxylic acids is 2. The van der Waals surface area contributed by atoms with Gasteiger partial charge in [-0.15, -0.1) is 6.58 Å². The molecule has 1 amide bonds. The average molecular weight is 1190 g/mol. The van der Waals surface area contributed by atoms with Crippen LogP contribution < -0.4 is 11.1 Å². The summed E-state index contributed by atoms with van der Waals surface area (Å²) in [5, 5.41) is 117. The van der Waals surface area contributed by atoms with Gasteiger partial charge in [-0.2, -0.15) is 8.42 Å². The molecule has 0 heterocycles. The predicted molar refractivity (Wildman–Crippen MR) is 325 cm³/mol. The summed E-state index contributed by atoms with van der Waals surface area (Å²) in [6.45, 7) is 14.3. The molecule has 15 unspecified atom stereocenters. The Morgan fingerprint density at radius 2 is 1.06 bits per heavy atom. The van der Waals surface area contributed by atoms with Crippen molar-refractivity contribution in [3.63, 3.8) is 0 Å². The lowest BCUT2D eigenvalue weighted by atomic mass is 9.88. The highest BCUT2D eigenvalue weighted by Crippen LogP contribution is 2.22. The fourth-order valence-corrected chi connectivity index (χ4v) is 8.48. The topological polar surface area (TPSA) is 371 Å². The minimum atomic E-state index is -4.95. The number of rotatable bonds is 44. The van der Waals surface area contributed by atoms with E-state index in [9.17, 15) is 78.7 Å². The maximum Gasteiger partial charge on any atom is 0.397 e. The number of amides is 1. The van der Waals surface area contributed by atoms with Gasteiger partial charge in [-0.1, -0.05) is 169 Å². The normalized spacial score (nSPS) is 19.1. The second-order valence-corrected chi connectivity index (χ2v) is 23.1. The number of unbranched alkanes of at least 4 members (excludes halogenated alkanes) is 1. The van der Waals surface area contributed by atoms with Crippen molar-refractivity contribution in [1.82, 2.24) is 5.32 Å². The lowest BCUT2D eigenvalue weighted by Crippen LogP contribution is -2.43. The van der Waals surface area contributed by atoms with Crippen LogP contribution in [0, 0.1) is 23.2 Å². The highest BCUT2D eigenvalue weighted by Gasteiger charge is 2.30. The summed E-state index contributed by atoms with van der Waals surface area (Å²) < 4.78 is 37.4. The molecule has 0 bridgehead atoms. The van der Waals surface area contributed by atoms with Crippen molar-refractivity contribution in [2.45, 2.75) is 205 Å². The average Bonchev–Trinajstić information content (AvgIpc) is 3.47. The Balaban J connectivity index is 4.75. The van der Waals surface area contributed by atoms with E-state index in [-0.39, 0.29) is 88.0 Å². The van der Waals surface area contributed by atoms with Gasteiger partial charge in [0.1, 0.15) is 5.78 Å². The smallest absolute Gasteiger partial charge is 0.393 e. The molecule has 15 atom stereocenters. The Morgan fingerprint density at radius 3 is 1.57 bits per heavy atom. The van der Waals surface area contributed by atoms with Crippen molar-refractivity contribution in [3.8, 4) is 0 Å². The first kappa shape index (κ1) is 78.2. The number of nitrogens with one attached hydrogen (secondary N) is 1. The summed E-state index contributed by atoms with van der Waals surface area (Å²) in [6, 6.07) is 0. The standard InChI is InChI=1S/C62H101N3O17S/c1-8-9-10-20-27-44(2)59(77)46(4)56(75)35-21-18-16-14-12-11-13-15-17-19-22-36-58(82-83(79,80)81)45(3)57(76)43-55(74)42-52(71)33-25-32-51(70)41-54(73)40-50(69)31-24-30-48(67)38-47(66)28-23-29-49(68)39-53(72)34-26-37-64-61(63)65-60(78)62(5,6)7/h8,11-25,27-28,31,33,35,44-56,58-59,66-75,77H,1,9-10,26,29-30,32,34,36-43H2,2-7H3,(H,79,80,81)(H3,63,64,65,78). The monoisotopic (exact) mass is 1190 g/mol. The fourth-order valence-electron chi connectivity index (χ4n) is 7.92. The van der Waals surface area contributed by atoms with Gasteiger partial charge in [-0.25, -0.2) is 4.18 Å². The molecule has 0 radical (unpaired) electrons.